The molecule has 2 aromatic heterocycles. The van der Waals surface area contributed by atoms with Crippen molar-refractivity contribution in [3.8, 4) is 10.6 Å². The van der Waals surface area contributed by atoms with Crippen LogP contribution in [0.15, 0.2) is 53.9 Å². The van der Waals surface area contributed by atoms with Gasteiger partial charge in [0.2, 0.25) is 0 Å². The predicted molar refractivity (Wildman–Crippen MR) is 123 cm³/mol. The molecule has 0 radical (unpaired) electrons. The smallest absolute Gasteiger partial charge is 0.267 e. The van der Waals surface area contributed by atoms with E-state index in [4.69, 9.17) is 35.4 Å². The molecular weight excluding hydrogens is 453 g/mol. The summed E-state index contributed by atoms with van der Waals surface area (Å²) in [7, 11) is 0. The molecule has 4 rings (SSSR count). The van der Waals surface area contributed by atoms with Crippen LogP contribution in [0, 0.1) is 0 Å². The minimum absolute atomic E-state index is 0.144. The van der Waals surface area contributed by atoms with Gasteiger partial charge in [0, 0.05) is 10.6 Å². The first-order valence-electron chi connectivity index (χ1n) is 8.02. The number of anilines is 1. The second-order valence-corrected chi connectivity index (χ2v) is 8.91. The summed E-state index contributed by atoms with van der Waals surface area (Å²) in [6.07, 6.45) is 0. The highest BCUT2D eigenvalue weighted by molar-refractivity contribution is 7.80. The number of fused-ring (bicyclic) bond motifs is 1. The molecule has 4 aromatic rings. The van der Waals surface area contributed by atoms with Gasteiger partial charge in [-0.25, -0.2) is 4.98 Å². The lowest BCUT2D eigenvalue weighted by Crippen LogP contribution is -2.33. The van der Waals surface area contributed by atoms with Gasteiger partial charge in [-0.2, -0.15) is 0 Å². The minimum atomic E-state index is -0.279. The summed E-state index contributed by atoms with van der Waals surface area (Å²) in [4.78, 5) is 17.5. The Morgan fingerprint density at radius 3 is 2.68 bits per heavy atom. The summed E-state index contributed by atoms with van der Waals surface area (Å²) >= 11 is 20.8. The van der Waals surface area contributed by atoms with Crippen LogP contribution >= 0.6 is 58.1 Å². The van der Waals surface area contributed by atoms with Crippen LogP contribution in [0.2, 0.25) is 10.0 Å². The van der Waals surface area contributed by atoms with Crippen LogP contribution < -0.4 is 10.6 Å². The molecule has 0 aliphatic heterocycles. The van der Waals surface area contributed by atoms with Crippen LogP contribution in [0.25, 0.3) is 20.8 Å². The van der Waals surface area contributed by atoms with Crippen LogP contribution in [-0.2, 0) is 0 Å². The Morgan fingerprint density at radius 2 is 1.93 bits per heavy atom. The van der Waals surface area contributed by atoms with E-state index in [1.54, 1.807) is 24.3 Å². The number of benzene rings is 2. The van der Waals surface area contributed by atoms with E-state index in [1.165, 1.54) is 22.7 Å². The molecule has 0 saturated carbocycles. The van der Waals surface area contributed by atoms with Gasteiger partial charge in [-0.15, -0.1) is 22.7 Å². The van der Waals surface area contributed by atoms with E-state index in [2.05, 4.69) is 15.6 Å². The van der Waals surface area contributed by atoms with Crippen molar-refractivity contribution in [3.05, 3.63) is 68.8 Å². The third-order valence-electron chi connectivity index (χ3n) is 3.79. The fraction of sp³-hybridized carbons (Fsp3) is 0. The first kappa shape index (κ1) is 19.3. The first-order valence-corrected chi connectivity index (χ1v) is 10.9. The summed E-state index contributed by atoms with van der Waals surface area (Å²) in [6, 6.07) is 14.8. The minimum Gasteiger partial charge on any atom is -0.331 e. The lowest BCUT2D eigenvalue weighted by Gasteiger charge is -2.14. The number of para-hydroxylation sites is 1. The molecule has 28 heavy (non-hydrogen) atoms. The van der Waals surface area contributed by atoms with Crippen molar-refractivity contribution in [1.29, 1.82) is 0 Å². The number of hydrogen-bond acceptors (Lipinski definition) is 5. The van der Waals surface area contributed by atoms with Crippen molar-refractivity contribution in [1.82, 2.24) is 10.3 Å². The van der Waals surface area contributed by atoms with Crippen LogP contribution in [0.3, 0.4) is 0 Å². The fourth-order valence-electron chi connectivity index (χ4n) is 2.57. The standard InChI is InChI=1S/C19H11Cl2N3OS3/c20-10-8-11(18-22-13-4-1-2-5-14(13)28-18)16(12(21)9-10)23-19(26)24-17(25)15-6-3-7-27-15/h1-9H,(H2,23,24,25,26). The Labute approximate surface area is 184 Å². The maximum Gasteiger partial charge on any atom is 0.267 e. The zero-order valence-electron chi connectivity index (χ0n) is 14.0. The monoisotopic (exact) mass is 463 g/mol. The average Bonchev–Trinajstić information content (AvgIpc) is 3.33. The van der Waals surface area contributed by atoms with E-state index in [9.17, 15) is 4.79 Å². The van der Waals surface area contributed by atoms with Gasteiger partial charge in [0.25, 0.3) is 5.91 Å². The number of halogens is 2. The Hall–Kier alpha value is -2.03. The molecule has 0 aliphatic carbocycles. The highest BCUT2D eigenvalue weighted by Gasteiger charge is 2.17. The summed E-state index contributed by atoms with van der Waals surface area (Å²) in [5.74, 6) is -0.279. The molecule has 0 fully saturated rings. The fourth-order valence-corrected chi connectivity index (χ4v) is 4.92. The van der Waals surface area contributed by atoms with Gasteiger partial charge >= 0.3 is 0 Å². The Bertz CT molecular complexity index is 1160. The molecule has 2 N–H and O–H groups in total. The predicted octanol–water partition coefficient (Wildman–Crippen LogP) is 6.46. The van der Waals surface area contributed by atoms with Crippen molar-refractivity contribution >= 4 is 85.0 Å². The molecule has 0 aliphatic rings. The third kappa shape index (κ3) is 4.04. The van der Waals surface area contributed by atoms with Gasteiger partial charge < -0.3 is 5.32 Å². The maximum atomic E-state index is 12.2. The zero-order chi connectivity index (χ0) is 19.7. The summed E-state index contributed by atoms with van der Waals surface area (Å²) in [5.41, 5.74) is 2.14. The number of thiocarbonyl (C=S) groups is 1. The molecule has 2 heterocycles. The van der Waals surface area contributed by atoms with Crippen molar-refractivity contribution in [2.24, 2.45) is 0 Å². The lowest BCUT2D eigenvalue weighted by molar-refractivity contribution is 0.0981. The number of hydrogen-bond donors (Lipinski definition) is 2. The summed E-state index contributed by atoms with van der Waals surface area (Å²) < 4.78 is 1.05. The second kappa shape index (κ2) is 8.14. The van der Waals surface area contributed by atoms with Crippen molar-refractivity contribution in [3.63, 3.8) is 0 Å². The Balaban J connectivity index is 1.66. The number of amides is 1. The van der Waals surface area contributed by atoms with Gasteiger partial charge in [0.15, 0.2) is 5.11 Å². The largest absolute Gasteiger partial charge is 0.331 e. The number of nitrogens with one attached hydrogen (secondary N) is 2. The first-order chi connectivity index (χ1) is 13.5. The zero-order valence-corrected chi connectivity index (χ0v) is 18.0. The van der Waals surface area contributed by atoms with E-state index in [0.29, 0.717) is 26.2 Å². The normalized spacial score (nSPS) is 10.8. The van der Waals surface area contributed by atoms with Gasteiger partial charge in [-0.1, -0.05) is 41.4 Å². The molecule has 140 valence electrons. The van der Waals surface area contributed by atoms with E-state index in [1.807, 2.05) is 29.6 Å². The van der Waals surface area contributed by atoms with E-state index in [0.717, 1.165) is 15.2 Å². The number of thiophene rings is 1. The van der Waals surface area contributed by atoms with Crippen molar-refractivity contribution < 1.29 is 4.79 Å². The maximum absolute atomic E-state index is 12.2. The third-order valence-corrected chi connectivity index (χ3v) is 6.45. The van der Waals surface area contributed by atoms with Crippen LogP contribution in [-0.4, -0.2) is 16.0 Å². The molecule has 2 aromatic carbocycles. The quantitative estimate of drug-likeness (QED) is 0.342. The number of carbonyl (C=O) groups excluding carboxylic acids is 1. The Kier molecular flexibility index (Phi) is 5.61. The summed E-state index contributed by atoms with van der Waals surface area (Å²) in [5, 5.41) is 9.27. The molecular formula is C19H11Cl2N3OS3. The molecule has 0 unspecified atom stereocenters. The van der Waals surface area contributed by atoms with Gasteiger partial charge in [-0.3, -0.25) is 10.1 Å². The topological polar surface area (TPSA) is 54.0 Å². The highest BCUT2D eigenvalue weighted by atomic mass is 35.5. The van der Waals surface area contributed by atoms with Gasteiger partial charge in [0.1, 0.15) is 5.01 Å². The SMILES string of the molecule is O=C(NC(=S)Nc1c(Cl)cc(Cl)cc1-c1nc2ccccc2s1)c1cccs1. The second-order valence-electron chi connectivity index (χ2n) is 5.68. The van der Waals surface area contributed by atoms with Gasteiger partial charge in [0.05, 0.1) is 25.8 Å². The number of nitrogens with zero attached hydrogens (tertiary/aromatic N) is 1. The number of thiazole rings is 1. The van der Waals surface area contributed by atoms with Crippen molar-refractivity contribution in [2.75, 3.05) is 5.32 Å². The van der Waals surface area contributed by atoms with E-state index < -0.39 is 0 Å². The summed E-state index contributed by atoms with van der Waals surface area (Å²) in [6.45, 7) is 0. The number of aromatic nitrogens is 1. The molecule has 4 nitrogen and oxygen atoms in total. The Morgan fingerprint density at radius 1 is 1.11 bits per heavy atom. The molecule has 0 saturated heterocycles. The van der Waals surface area contributed by atoms with E-state index >= 15 is 0 Å². The average molecular weight is 464 g/mol. The molecule has 0 atom stereocenters. The van der Waals surface area contributed by atoms with Gasteiger partial charge in [-0.05, 0) is 47.9 Å². The molecule has 1 amide bonds. The highest BCUT2D eigenvalue weighted by Crippen LogP contribution is 2.40. The van der Waals surface area contributed by atoms with E-state index in [-0.39, 0.29) is 11.0 Å². The van der Waals surface area contributed by atoms with Crippen LogP contribution in [0.1, 0.15) is 9.67 Å². The van der Waals surface area contributed by atoms with Crippen LogP contribution in [0.5, 0.6) is 0 Å². The molecule has 0 spiro atoms. The van der Waals surface area contributed by atoms with Crippen LogP contribution in [0.4, 0.5) is 5.69 Å². The van der Waals surface area contributed by atoms with Crippen molar-refractivity contribution in [2.45, 2.75) is 0 Å². The molecule has 0 bridgehead atoms. The molecule has 9 heteroatoms. The number of carbonyl (C=O) groups is 1. The lowest BCUT2D eigenvalue weighted by atomic mass is 10.2. The number of rotatable bonds is 3.